The lowest BCUT2D eigenvalue weighted by atomic mass is 10.0. The average Bonchev–Trinajstić information content (AvgIpc) is 2.99. The van der Waals surface area contributed by atoms with Gasteiger partial charge in [0, 0.05) is 18.2 Å². The van der Waals surface area contributed by atoms with Gasteiger partial charge in [0.05, 0.1) is 0 Å². The SMILES string of the molecule is Cc1nc2cc(NC(=O)C(NC(=O)c3ccccc3)C(C)C)ccc2o1. The maximum Gasteiger partial charge on any atom is 0.251 e. The molecule has 1 atom stereocenters. The molecule has 1 unspecified atom stereocenters. The lowest BCUT2D eigenvalue weighted by Gasteiger charge is -2.21. The second kappa shape index (κ2) is 7.39. The number of aromatic nitrogens is 1. The summed E-state index contributed by atoms with van der Waals surface area (Å²) in [6, 6.07) is 13.4. The Labute approximate surface area is 151 Å². The first-order valence-corrected chi connectivity index (χ1v) is 8.48. The molecule has 6 heteroatoms. The smallest absolute Gasteiger partial charge is 0.251 e. The van der Waals surface area contributed by atoms with Crippen LogP contribution in [0.2, 0.25) is 0 Å². The fourth-order valence-corrected chi connectivity index (χ4v) is 2.69. The van der Waals surface area contributed by atoms with E-state index in [1.165, 1.54) is 0 Å². The van der Waals surface area contributed by atoms with Gasteiger partial charge in [-0.2, -0.15) is 0 Å². The number of carbonyl (C=O) groups is 2. The van der Waals surface area contributed by atoms with Crippen molar-refractivity contribution in [2.45, 2.75) is 26.8 Å². The van der Waals surface area contributed by atoms with Gasteiger partial charge in [0.25, 0.3) is 5.91 Å². The minimum atomic E-state index is -0.655. The Kier molecular flexibility index (Phi) is 5.02. The van der Waals surface area contributed by atoms with Gasteiger partial charge in [-0.1, -0.05) is 32.0 Å². The summed E-state index contributed by atoms with van der Waals surface area (Å²) < 4.78 is 5.43. The van der Waals surface area contributed by atoms with Crippen molar-refractivity contribution in [2.24, 2.45) is 5.92 Å². The van der Waals surface area contributed by atoms with Crippen molar-refractivity contribution < 1.29 is 14.0 Å². The molecule has 0 fully saturated rings. The van der Waals surface area contributed by atoms with Crippen LogP contribution >= 0.6 is 0 Å². The number of oxazole rings is 1. The molecular formula is C20H21N3O3. The number of rotatable bonds is 5. The van der Waals surface area contributed by atoms with Crippen LogP contribution in [-0.2, 0) is 4.79 Å². The summed E-state index contributed by atoms with van der Waals surface area (Å²) >= 11 is 0. The lowest BCUT2D eigenvalue weighted by molar-refractivity contribution is -0.118. The highest BCUT2D eigenvalue weighted by molar-refractivity contribution is 6.01. The number of hydrogen-bond acceptors (Lipinski definition) is 4. The quantitative estimate of drug-likeness (QED) is 0.736. The second-order valence-electron chi connectivity index (χ2n) is 6.47. The Bertz CT molecular complexity index is 932. The van der Waals surface area contributed by atoms with Crippen molar-refractivity contribution >= 4 is 28.6 Å². The number of anilines is 1. The van der Waals surface area contributed by atoms with Crippen LogP contribution in [0.3, 0.4) is 0 Å². The van der Waals surface area contributed by atoms with Gasteiger partial charge in [0.15, 0.2) is 11.5 Å². The van der Waals surface area contributed by atoms with Gasteiger partial charge in [0.2, 0.25) is 5.91 Å². The van der Waals surface area contributed by atoms with E-state index >= 15 is 0 Å². The third-order valence-electron chi connectivity index (χ3n) is 4.03. The van der Waals surface area contributed by atoms with Gasteiger partial charge >= 0.3 is 0 Å². The summed E-state index contributed by atoms with van der Waals surface area (Å²) in [6.07, 6.45) is 0. The lowest BCUT2D eigenvalue weighted by Crippen LogP contribution is -2.47. The number of nitrogens with zero attached hydrogens (tertiary/aromatic N) is 1. The molecule has 0 aliphatic carbocycles. The standard InChI is InChI=1S/C20H21N3O3/c1-12(2)18(23-19(24)14-7-5-4-6-8-14)20(25)22-15-9-10-17-16(11-15)21-13(3)26-17/h4-12,18H,1-3H3,(H,22,25)(H,23,24). The minimum Gasteiger partial charge on any atom is -0.441 e. The molecule has 2 aromatic carbocycles. The van der Waals surface area contributed by atoms with E-state index in [0.717, 1.165) is 0 Å². The number of nitrogens with one attached hydrogen (secondary N) is 2. The van der Waals surface area contributed by atoms with Crippen LogP contribution in [0.1, 0.15) is 30.1 Å². The molecule has 1 heterocycles. The van der Waals surface area contributed by atoms with Crippen molar-refractivity contribution in [2.75, 3.05) is 5.32 Å². The molecule has 0 aliphatic heterocycles. The summed E-state index contributed by atoms with van der Waals surface area (Å²) in [6.45, 7) is 5.55. The van der Waals surface area contributed by atoms with Crippen molar-refractivity contribution in [1.82, 2.24) is 10.3 Å². The maximum absolute atomic E-state index is 12.7. The monoisotopic (exact) mass is 351 g/mol. The molecular weight excluding hydrogens is 330 g/mol. The number of carbonyl (C=O) groups excluding carboxylic acids is 2. The summed E-state index contributed by atoms with van der Waals surface area (Å²) in [4.78, 5) is 29.3. The van der Waals surface area contributed by atoms with E-state index in [2.05, 4.69) is 15.6 Å². The van der Waals surface area contributed by atoms with Gasteiger partial charge in [-0.25, -0.2) is 4.98 Å². The van der Waals surface area contributed by atoms with Gasteiger partial charge in [-0.3, -0.25) is 9.59 Å². The van der Waals surface area contributed by atoms with Crippen molar-refractivity contribution in [3.8, 4) is 0 Å². The van der Waals surface area contributed by atoms with Crippen LogP contribution in [0.15, 0.2) is 52.9 Å². The molecule has 0 radical (unpaired) electrons. The molecule has 0 bridgehead atoms. The number of fused-ring (bicyclic) bond motifs is 1. The summed E-state index contributed by atoms with van der Waals surface area (Å²) in [5.74, 6) is -0.0507. The minimum absolute atomic E-state index is 0.0688. The van der Waals surface area contributed by atoms with Gasteiger partial charge in [-0.05, 0) is 36.2 Å². The highest BCUT2D eigenvalue weighted by Crippen LogP contribution is 2.20. The first-order chi connectivity index (χ1) is 12.4. The average molecular weight is 351 g/mol. The molecule has 2 amide bonds. The highest BCUT2D eigenvalue weighted by Gasteiger charge is 2.25. The zero-order chi connectivity index (χ0) is 18.7. The Hall–Kier alpha value is -3.15. The van der Waals surface area contributed by atoms with E-state index in [0.29, 0.717) is 28.2 Å². The molecule has 1 aromatic heterocycles. The normalized spacial score (nSPS) is 12.2. The van der Waals surface area contributed by atoms with E-state index in [9.17, 15) is 9.59 Å². The van der Waals surface area contributed by atoms with E-state index in [1.807, 2.05) is 19.9 Å². The van der Waals surface area contributed by atoms with Crippen LogP contribution in [0.25, 0.3) is 11.1 Å². The largest absolute Gasteiger partial charge is 0.441 e. The fraction of sp³-hybridized carbons (Fsp3) is 0.250. The van der Waals surface area contributed by atoms with Crippen LogP contribution in [0.4, 0.5) is 5.69 Å². The summed E-state index contributed by atoms with van der Waals surface area (Å²) in [5.41, 5.74) is 2.47. The van der Waals surface area contributed by atoms with Crippen LogP contribution in [0, 0.1) is 12.8 Å². The Morgan fingerprint density at radius 1 is 1.08 bits per heavy atom. The number of benzene rings is 2. The second-order valence-corrected chi connectivity index (χ2v) is 6.47. The van der Waals surface area contributed by atoms with E-state index in [4.69, 9.17) is 4.42 Å². The topological polar surface area (TPSA) is 84.2 Å². The molecule has 0 saturated heterocycles. The van der Waals surface area contributed by atoms with E-state index < -0.39 is 6.04 Å². The van der Waals surface area contributed by atoms with Crippen LogP contribution < -0.4 is 10.6 Å². The van der Waals surface area contributed by atoms with Crippen molar-refractivity contribution in [3.63, 3.8) is 0 Å². The van der Waals surface area contributed by atoms with E-state index in [-0.39, 0.29) is 17.7 Å². The molecule has 26 heavy (non-hydrogen) atoms. The third kappa shape index (κ3) is 3.91. The molecule has 0 spiro atoms. The zero-order valence-corrected chi connectivity index (χ0v) is 14.9. The molecule has 0 aliphatic rings. The van der Waals surface area contributed by atoms with E-state index in [1.54, 1.807) is 49.4 Å². The Morgan fingerprint density at radius 3 is 2.50 bits per heavy atom. The summed E-state index contributed by atoms with van der Waals surface area (Å²) in [7, 11) is 0. The zero-order valence-electron chi connectivity index (χ0n) is 14.9. The maximum atomic E-state index is 12.7. The predicted octanol–water partition coefficient (Wildman–Crippen LogP) is 3.53. The molecule has 3 rings (SSSR count). The number of amides is 2. The first-order valence-electron chi connectivity index (χ1n) is 8.48. The van der Waals surface area contributed by atoms with Crippen LogP contribution in [-0.4, -0.2) is 22.8 Å². The van der Waals surface area contributed by atoms with Gasteiger partial charge in [0.1, 0.15) is 11.6 Å². The van der Waals surface area contributed by atoms with Gasteiger partial charge in [-0.15, -0.1) is 0 Å². The van der Waals surface area contributed by atoms with Crippen molar-refractivity contribution in [3.05, 3.63) is 60.0 Å². The fourth-order valence-electron chi connectivity index (χ4n) is 2.69. The Balaban J connectivity index is 1.74. The highest BCUT2D eigenvalue weighted by atomic mass is 16.3. The predicted molar refractivity (Wildman–Crippen MR) is 99.9 cm³/mol. The molecule has 0 saturated carbocycles. The number of aryl methyl sites for hydroxylation is 1. The summed E-state index contributed by atoms with van der Waals surface area (Å²) in [5, 5.41) is 5.66. The van der Waals surface area contributed by atoms with Gasteiger partial charge < -0.3 is 15.1 Å². The van der Waals surface area contributed by atoms with Crippen LogP contribution in [0.5, 0.6) is 0 Å². The molecule has 134 valence electrons. The number of hydrogen-bond donors (Lipinski definition) is 2. The first kappa shape index (κ1) is 17.7. The third-order valence-corrected chi connectivity index (χ3v) is 4.03. The molecule has 3 aromatic rings. The molecule has 2 N–H and O–H groups in total. The Morgan fingerprint density at radius 2 is 1.81 bits per heavy atom. The van der Waals surface area contributed by atoms with Crippen molar-refractivity contribution in [1.29, 1.82) is 0 Å². The molecule has 6 nitrogen and oxygen atoms in total.